The third-order valence-corrected chi connectivity index (χ3v) is 6.02. The Labute approximate surface area is 192 Å². The van der Waals surface area contributed by atoms with E-state index in [-0.39, 0.29) is 30.6 Å². The standard InChI is InChI=1S/C24H21F4N3O3/c1-22(2)10-17-19(18(32)11-22)23(24(26,27)28,30-20(33)15-4-3-9-29-12-15)21(34)31(17)13-14-5-7-16(25)8-6-14/h3-9,12H,10-11,13H2,1-2H3,(H,30,33)/t23-/m0/s1. The highest BCUT2D eigenvalue weighted by Gasteiger charge is 2.71. The molecular formula is C24H21F4N3O3. The Balaban J connectivity index is 1.87. The van der Waals surface area contributed by atoms with Crippen molar-refractivity contribution in [2.75, 3.05) is 0 Å². The van der Waals surface area contributed by atoms with Crippen molar-refractivity contribution in [3.8, 4) is 0 Å². The topological polar surface area (TPSA) is 79.4 Å². The second-order valence-corrected chi connectivity index (χ2v) is 9.22. The highest BCUT2D eigenvalue weighted by atomic mass is 19.4. The molecule has 0 fully saturated rings. The number of halogens is 4. The average Bonchev–Trinajstić information content (AvgIpc) is 2.98. The van der Waals surface area contributed by atoms with Crippen LogP contribution < -0.4 is 5.32 Å². The number of benzene rings is 1. The van der Waals surface area contributed by atoms with Gasteiger partial charge in [-0.2, -0.15) is 13.2 Å². The SMILES string of the molecule is CC1(C)CC(=O)C2=C(C1)N(Cc1ccc(F)cc1)C(=O)[C@]2(NC(=O)c1cccnc1)C(F)(F)F. The molecule has 0 bridgehead atoms. The summed E-state index contributed by atoms with van der Waals surface area (Å²) in [5.41, 5.74) is -4.91. The van der Waals surface area contributed by atoms with Crippen LogP contribution in [0.4, 0.5) is 17.6 Å². The smallest absolute Gasteiger partial charge is 0.326 e. The molecule has 1 aliphatic carbocycles. The summed E-state index contributed by atoms with van der Waals surface area (Å²) in [5.74, 6) is -4.06. The number of nitrogens with zero attached hydrogens (tertiary/aromatic N) is 2. The molecule has 1 atom stereocenters. The fraction of sp³-hybridized carbons (Fsp3) is 0.333. The number of allylic oxidation sites excluding steroid dienone is 1. The predicted molar refractivity (Wildman–Crippen MR) is 112 cm³/mol. The Morgan fingerprint density at radius 3 is 2.38 bits per heavy atom. The number of carbonyl (C=O) groups excluding carboxylic acids is 3. The van der Waals surface area contributed by atoms with Crippen molar-refractivity contribution in [2.24, 2.45) is 5.41 Å². The van der Waals surface area contributed by atoms with Gasteiger partial charge in [-0.25, -0.2) is 4.39 Å². The third kappa shape index (κ3) is 3.86. The van der Waals surface area contributed by atoms with E-state index in [0.717, 1.165) is 23.2 Å². The van der Waals surface area contributed by atoms with Crippen molar-refractivity contribution in [1.29, 1.82) is 0 Å². The quantitative estimate of drug-likeness (QED) is 0.680. The number of hydrogen-bond donors (Lipinski definition) is 1. The van der Waals surface area contributed by atoms with Gasteiger partial charge in [0, 0.05) is 24.5 Å². The van der Waals surface area contributed by atoms with Crippen molar-refractivity contribution < 1.29 is 31.9 Å². The number of nitrogens with one attached hydrogen (secondary N) is 1. The number of hydrogen-bond acceptors (Lipinski definition) is 4. The van der Waals surface area contributed by atoms with Crippen LogP contribution in [-0.2, 0) is 16.1 Å². The first-order valence-electron chi connectivity index (χ1n) is 10.5. The van der Waals surface area contributed by atoms with Gasteiger partial charge in [-0.05, 0) is 41.7 Å². The lowest BCUT2D eigenvalue weighted by molar-refractivity contribution is -0.190. The minimum absolute atomic E-state index is 0.0155. The monoisotopic (exact) mass is 475 g/mol. The van der Waals surface area contributed by atoms with Gasteiger partial charge in [0.15, 0.2) is 5.78 Å². The molecule has 0 spiro atoms. The lowest BCUT2D eigenvalue weighted by atomic mass is 9.72. The van der Waals surface area contributed by atoms with Gasteiger partial charge in [-0.15, -0.1) is 0 Å². The molecule has 0 saturated heterocycles. The number of pyridine rings is 1. The normalized spacial score (nSPS) is 22.1. The molecule has 4 rings (SSSR count). The van der Waals surface area contributed by atoms with Crippen LogP contribution in [0.2, 0.25) is 0 Å². The number of alkyl halides is 3. The molecule has 178 valence electrons. The van der Waals surface area contributed by atoms with Crippen LogP contribution in [0.1, 0.15) is 42.6 Å². The molecule has 1 aromatic heterocycles. The number of Topliss-reactive ketones (excluding diaryl/α,β-unsaturated/α-hetero) is 1. The molecule has 0 unspecified atom stereocenters. The first-order chi connectivity index (χ1) is 15.9. The van der Waals surface area contributed by atoms with Crippen LogP contribution >= 0.6 is 0 Å². The fourth-order valence-corrected chi connectivity index (χ4v) is 4.51. The molecule has 1 aromatic carbocycles. The van der Waals surface area contributed by atoms with E-state index in [1.54, 1.807) is 13.8 Å². The first-order valence-corrected chi connectivity index (χ1v) is 10.5. The van der Waals surface area contributed by atoms with Crippen LogP contribution in [0.3, 0.4) is 0 Å². The van der Waals surface area contributed by atoms with Crippen LogP contribution in [-0.4, -0.2) is 39.2 Å². The molecule has 1 aliphatic heterocycles. The average molecular weight is 475 g/mol. The summed E-state index contributed by atoms with van der Waals surface area (Å²) >= 11 is 0. The molecule has 1 N–H and O–H groups in total. The summed E-state index contributed by atoms with van der Waals surface area (Å²) in [7, 11) is 0. The van der Waals surface area contributed by atoms with E-state index >= 15 is 0 Å². The Morgan fingerprint density at radius 1 is 1.12 bits per heavy atom. The number of rotatable bonds is 4. The van der Waals surface area contributed by atoms with Gasteiger partial charge < -0.3 is 10.2 Å². The number of aromatic nitrogens is 1. The summed E-state index contributed by atoms with van der Waals surface area (Å²) in [6.45, 7) is 3.12. The van der Waals surface area contributed by atoms with E-state index in [1.807, 2.05) is 5.32 Å². The summed E-state index contributed by atoms with van der Waals surface area (Å²) in [5, 5.41) is 1.85. The van der Waals surface area contributed by atoms with Crippen molar-refractivity contribution in [3.63, 3.8) is 0 Å². The van der Waals surface area contributed by atoms with Gasteiger partial charge in [-0.1, -0.05) is 26.0 Å². The lowest BCUT2D eigenvalue weighted by Gasteiger charge is -2.35. The van der Waals surface area contributed by atoms with Gasteiger partial charge in [-0.3, -0.25) is 19.4 Å². The van der Waals surface area contributed by atoms with Gasteiger partial charge in [0.1, 0.15) is 5.82 Å². The maximum atomic E-state index is 14.7. The van der Waals surface area contributed by atoms with Gasteiger partial charge in [0.05, 0.1) is 17.7 Å². The van der Waals surface area contributed by atoms with Crippen LogP contribution in [0.25, 0.3) is 0 Å². The van der Waals surface area contributed by atoms with E-state index in [0.29, 0.717) is 5.56 Å². The minimum Gasteiger partial charge on any atom is -0.326 e. The Kier molecular flexibility index (Phi) is 5.58. The molecular weight excluding hydrogens is 454 g/mol. The molecule has 2 heterocycles. The zero-order chi connectivity index (χ0) is 24.9. The minimum atomic E-state index is -5.31. The second kappa shape index (κ2) is 8.03. The van der Waals surface area contributed by atoms with Crippen LogP contribution in [0, 0.1) is 11.2 Å². The maximum Gasteiger partial charge on any atom is 0.425 e. The van der Waals surface area contributed by atoms with Crippen molar-refractivity contribution in [2.45, 2.75) is 44.9 Å². The van der Waals surface area contributed by atoms with Gasteiger partial charge >= 0.3 is 6.18 Å². The summed E-state index contributed by atoms with van der Waals surface area (Å²) in [6, 6.07) is 7.57. The molecule has 2 amide bonds. The molecule has 34 heavy (non-hydrogen) atoms. The molecule has 2 aliphatic rings. The summed E-state index contributed by atoms with van der Waals surface area (Å²) < 4.78 is 57.5. The number of amides is 2. The zero-order valence-corrected chi connectivity index (χ0v) is 18.4. The lowest BCUT2D eigenvalue weighted by Crippen LogP contribution is -2.66. The summed E-state index contributed by atoms with van der Waals surface area (Å²) in [4.78, 5) is 44.1. The third-order valence-electron chi connectivity index (χ3n) is 6.02. The van der Waals surface area contributed by atoms with E-state index < -0.39 is 46.1 Å². The maximum absolute atomic E-state index is 14.7. The summed E-state index contributed by atoms with van der Waals surface area (Å²) in [6.07, 6.45) is -3.10. The zero-order valence-electron chi connectivity index (χ0n) is 18.4. The van der Waals surface area contributed by atoms with Crippen molar-refractivity contribution >= 4 is 17.6 Å². The van der Waals surface area contributed by atoms with E-state index in [2.05, 4.69) is 4.98 Å². The highest BCUT2D eigenvalue weighted by Crippen LogP contribution is 2.52. The number of ketones is 1. The fourth-order valence-electron chi connectivity index (χ4n) is 4.51. The molecule has 6 nitrogen and oxygen atoms in total. The first kappa shape index (κ1) is 23.6. The van der Waals surface area contributed by atoms with Gasteiger partial charge in [0.25, 0.3) is 11.8 Å². The molecule has 2 aromatic rings. The predicted octanol–water partition coefficient (Wildman–Crippen LogP) is 3.94. The largest absolute Gasteiger partial charge is 0.425 e. The number of carbonyl (C=O) groups is 3. The van der Waals surface area contributed by atoms with Crippen molar-refractivity contribution in [1.82, 2.24) is 15.2 Å². The Bertz CT molecular complexity index is 1190. The van der Waals surface area contributed by atoms with Crippen LogP contribution in [0.15, 0.2) is 60.1 Å². The highest BCUT2D eigenvalue weighted by molar-refractivity contribution is 6.14. The molecule has 0 saturated carbocycles. The van der Waals surface area contributed by atoms with E-state index in [4.69, 9.17) is 0 Å². The van der Waals surface area contributed by atoms with E-state index in [1.165, 1.54) is 30.5 Å². The molecule has 0 radical (unpaired) electrons. The van der Waals surface area contributed by atoms with Crippen LogP contribution in [0.5, 0.6) is 0 Å². The van der Waals surface area contributed by atoms with Crippen molar-refractivity contribution in [3.05, 3.63) is 77.0 Å². The Morgan fingerprint density at radius 2 is 1.79 bits per heavy atom. The molecule has 10 heteroatoms. The second-order valence-electron chi connectivity index (χ2n) is 9.22. The Hall–Kier alpha value is -3.56. The van der Waals surface area contributed by atoms with E-state index in [9.17, 15) is 31.9 Å². The van der Waals surface area contributed by atoms with Gasteiger partial charge in [0.2, 0.25) is 5.54 Å².